The predicted octanol–water partition coefficient (Wildman–Crippen LogP) is 6.09. The lowest BCUT2D eigenvalue weighted by Gasteiger charge is -2.27. The maximum atomic E-state index is 13.5. The van der Waals surface area contributed by atoms with Crippen LogP contribution < -0.4 is 9.62 Å². The summed E-state index contributed by atoms with van der Waals surface area (Å²) < 4.78 is 68.0. The van der Waals surface area contributed by atoms with E-state index in [4.69, 9.17) is 11.6 Å². The number of anilines is 1. The zero-order valence-corrected chi connectivity index (χ0v) is 20.4. The van der Waals surface area contributed by atoms with Gasteiger partial charge in [0.15, 0.2) is 0 Å². The molecule has 2 aromatic rings. The Labute approximate surface area is 203 Å². The third kappa shape index (κ3) is 6.66. The molecule has 10 heteroatoms. The molecule has 0 heterocycles. The molecule has 0 radical (unpaired) electrons. The molecule has 186 valence electrons. The number of nitrogens with zero attached hydrogens (tertiary/aromatic N) is 1. The van der Waals surface area contributed by atoms with Gasteiger partial charge in [0.2, 0.25) is 5.91 Å². The second kappa shape index (κ2) is 11.0. The number of rotatable bonds is 6. The molecule has 0 unspecified atom stereocenters. The predicted molar refractivity (Wildman–Crippen MR) is 126 cm³/mol. The van der Waals surface area contributed by atoms with Gasteiger partial charge < -0.3 is 5.32 Å². The Morgan fingerprint density at radius 1 is 1.03 bits per heavy atom. The van der Waals surface area contributed by atoms with Crippen molar-refractivity contribution < 1.29 is 26.4 Å². The summed E-state index contributed by atoms with van der Waals surface area (Å²) in [6.45, 7) is 1.14. The molecule has 5 nitrogen and oxygen atoms in total. The first-order chi connectivity index (χ1) is 16.0. The average molecular weight is 517 g/mol. The van der Waals surface area contributed by atoms with Crippen LogP contribution in [0.1, 0.15) is 56.1 Å². The highest BCUT2D eigenvalue weighted by molar-refractivity contribution is 7.92. The summed E-state index contributed by atoms with van der Waals surface area (Å²) in [5.41, 5.74) is -0.639. The highest BCUT2D eigenvalue weighted by Gasteiger charge is 2.35. The van der Waals surface area contributed by atoms with E-state index < -0.39 is 39.2 Å². The number of nitrogens with one attached hydrogen (secondary N) is 1. The minimum Gasteiger partial charge on any atom is -0.352 e. The topological polar surface area (TPSA) is 66.5 Å². The molecular weight excluding hydrogens is 489 g/mol. The van der Waals surface area contributed by atoms with Gasteiger partial charge in [0.1, 0.15) is 6.54 Å². The highest BCUT2D eigenvalue weighted by atomic mass is 35.5. The molecule has 2 aromatic carbocycles. The SMILES string of the molecule is Cc1ccc(S(=O)(=O)N(CC(=O)NC2CCCCCCC2)c2ccc(Cl)c(C(F)(F)F)c2)cc1. The lowest BCUT2D eigenvalue weighted by atomic mass is 9.97. The average Bonchev–Trinajstić information content (AvgIpc) is 2.74. The molecule has 1 saturated carbocycles. The number of sulfonamides is 1. The normalized spacial score (nSPS) is 15.9. The van der Waals surface area contributed by atoms with Gasteiger partial charge in [-0.15, -0.1) is 0 Å². The lowest BCUT2D eigenvalue weighted by Crippen LogP contribution is -2.44. The van der Waals surface area contributed by atoms with Gasteiger partial charge in [0.05, 0.1) is 21.2 Å². The molecule has 1 fully saturated rings. The first-order valence-corrected chi connectivity index (χ1v) is 13.1. The van der Waals surface area contributed by atoms with Crippen LogP contribution in [0.5, 0.6) is 0 Å². The van der Waals surface area contributed by atoms with Crippen molar-refractivity contribution in [2.45, 2.75) is 69.0 Å². The van der Waals surface area contributed by atoms with Crippen LogP contribution in [-0.4, -0.2) is 26.9 Å². The Morgan fingerprint density at radius 3 is 2.21 bits per heavy atom. The quantitative estimate of drug-likeness (QED) is 0.505. The van der Waals surface area contributed by atoms with Crippen LogP contribution in [0, 0.1) is 6.92 Å². The van der Waals surface area contributed by atoms with E-state index in [0.717, 1.165) is 56.6 Å². The van der Waals surface area contributed by atoms with Gasteiger partial charge in [-0.2, -0.15) is 13.2 Å². The largest absolute Gasteiger partial charge is 0.417 e. The molecule has 0 spiro atoms. The molecule has 1 amide bonds. The van der Waals surface area contributed by atoms with Gasteiger partial charge in [-0.05, 0) is 50.1 Å². The van der Waals surface area contributed by atoms with Crippen molar-refractivity contribution in [3.05, 3.63) is 58.6 Å². The summed E-state index contributed by atoms with van der Waals surface area (Å²) in [6.07, 6.45) is 2.02. The number of carbonyl (C=O) groups excluding carboxylic acids is 1. The fraction of sp³-hybridized carbons (Fsp3) is 0.458. The van der Waals surface area contributed by atoms with E-state index in [1.54, 1.807) is 19.1 Å². The number of alkyl halides is 3. The van der Waals surface area contributed by atoms with Crippen molar-refractivity contribution >= 4 is 33.2 Å². The van der Waals surface area contributed by atoms with Crippen LogP contribution in [-0.2, 0) is 21.0 Å². The summed E-state index contributed by atoms with van der Waals surface area (Å²) in [7, 11) is -4.33. The Morgan fingerprint density at radius 2 is 1.62 bits per heavy atom. The van der Waals surface area contributed by atoms with E-state index in [9.17, 15) is 26.4 Å². The standard InChI is InChI=1S/C24H28ClF3N2O3S/c1-17-9-12-20(13-10-17)34(32,33)30(19-11-14-22(25)21(15-19)24(26,27)28)16-23(31)29-18-7-5-3-2-4-6-8-18/h9-15,18H,2-8,16H2,1H3,(H,29,31). The number of halogens is 4. The molecular formula is C24H28ClF3N2O3S. The van der Waals surface area contributed by atoms with E-state index in [1.165, 1.54) is 18.2 Å². The van der Waals surface area contributed by atoms with Crippen LogP contribution >= 0.6 is 11.6 Å². The second-order valence-corrected chi connectivity index (χ2v) is 10.9. The Hall–Kier alpha value is -2.26. The summed E-state index contributed by atoms with van der Waals surface area (Å²) in [4.78, 5) is 12.8. The number of benzene rings is 2. The van der Waals surface area contributed by atoms with Crippen molar-refractivity contribution in [3.63, 3.8) is 0 Å². The van der Waals surface area contributed by atoms with E-state index in [1.807, 2.05) is 0 Å². The molecule has 0 aromatic heterocycles. The van der Waals surface area contributed by atoms with Gasteiger partial charge in [0.25, 0.3) is 10.0 Å². The number of amides is 1. The Kier molecular flexibility index (Phi) is 8.52. The van der Waals surface area contributed by atoms with Crippen molar-refractivity contribution in [2.24, 2.45) is 0 Å². The third-order valence-corrected chi connectivity index (χ3v) is 8.03. The second-order valence-electron chi connectivity index (χ2n) is 8.60. The molecule has 0 aliphatic heterocycles. The maximum Gasteiger partial charge on any atom is 0.417 e. The van der Waals surface area contributed by atoms with Crippen LogP contribution in [0.15, 0.2) is 47.4 Å². The van der Waals surface area contributed by atoms with Crippen molar-refractivity contribution in [3.8, 4) is 0 Å². The van der Waals surface area contributed by atoms with Crippen molar-refractivity contribution in [2.75, 3.05) is 10.8 Å². The number of hydrogen-bond acceptors (Lipinski definition) is 3. The Balaban J connectivity index is 1.95. The minimum absolute atomic E-state index is 0.0901. The molecule has 34 heavy (non-hydrogen) atoms. The van der Waals surface area contributed by atoms with E-state index in [2.05, 4.69) is 5.32 Å². The van der Waals surface area contributed by atoms with Gasteiger partial charge >= 0.3 is 6.18 Å². The Bertz CT molecular complexity index is 1100. The zero-order valence-electron chi connectivity index (χ0n) is 18.9. The van der Waals surface area contributed by atoms with Crippen LogP contribution in [0.25, 0.3) is 0 Å². The lowest BCUT2D eigenvalue weighted by molar-refractivity contribution is -0.137. The van der Waals surface area contributed by atoms with Gasteiger partial charge in [-0.3, -0.25) is 9.10 Å². The van der Waals surface area contributed by atoms with Gasteiger partial charge in [-0.1, -0.05) is 61.4 Å². The number of carbonyl (C=O) groups is 1. The molecule has 0 atom stereocenters. The minimum atomic E-state index is -4.78. The van der Waals surface area contributed by atoms with Crippen LogP contribution in [0.4, 0.5) is 18.9 Å². The van der Waals surface area contributed by atoms with Crippen molar-refractivity contribution in [1.29, 1.82) is 0 Å². The van der Waals surface area contributed by atoms with Crippen LogP contribution in [0.3, 0.4) is 0 Å². The fourth-order valence-electron chi connectivity index (χ4n) is 4.04. The summed E-state index contributed by atoms with van der Waals surface area (Å²) >= 11 is 5.73. The van der Waals surface area contributed by atoms with E-state index in [0.29, 0.717) is 10.4 Å². The molecule has 1 N–H and O–H groups in total. The summed E-state index contributed by atoms with van der Waals surface area (Å²) in [5.74, 6) is -0.565. The summed E-state index contributed by atoms with van der Waals surface area (Å²) in [6, 6.07) is 8.64. The molecule has 0 bridgehead atoms. The maximum absolute atomic E-state index is 13.5. The molecule has 1 aliphatic carbocycles. The van der Waals surface area contributed by atoms with Crippen molar-refractivity contribution in [1.82, 2.24) is 5.32 Å². The first kappa shape index (κ1) is 26.3. The molecule has 1 aliphatic rings. The number of aryl methyl sites for hydroxylation is 1. The van der Waals surface area contributed by atoms with E-state index in [-0.39, 0.29) is 16.6 Å². The highest BCUT2D eigenvalue weighted by Crippen LogP contribution is 2.38. The monoisotopic (exact) mass is 516 g/mol. The molecule has 3 rings (SSSR count). The van der Waals surface area contributed by atoms with Gasteiger partial charge in [-0.25, -0.2) is 8.42 Å². The van der Waals surface area contributed by atoms with E-state index >= 15 is 0 Å². The smallest absolute Gasteiger partial charge is 0.352 e. The van der Waals surface area contributed by atoms with Gasteiger partial charge in [0, 0.05) is 6.04 Å². The molecule has 0 saturated heterocycles. The summed E-state index contributed by atoms with van der Waals surface area (Å²) in [5, 5.41) is 2.33. The first-order valence-electron chi connectivity index (χ1n) is 11.2. The van der Waals surface area contributed by atoms with Crippen LogP contribution in [0.2, 0.25) is 5.02 Å². The third-order valence-electron chi connectivity index (χ3n) is 5.91. The number of hydrogen-bond donors (Lipinski definition) is 1. The fourth-order valence-corrected chi connectivity index (χ4v) is 5.68. The zero-order chi connectivity index (χ0) is 24.9.